The summed E-state index contributed by atoms with van der Waals surface area (Å²) in [6, 6.07) is 5.88. The fourth-order valence-corrected chi connectivity index (χ4v) is 7.09. The van der Waals surface area contributed by atoms with E-state index in [1.165, 1.54) is 10.5 Å². The third kappa shape index (κ3) is 7.73. The molecule has 1 aliphatic carbocycles. The van der Waals surface area contributed by atoms with Crippen LogP contribution in [0, 0.1) is 5.92 Å². The van der Waals surface area contributed by atoms with E-state index in [9.17, 15) is 29.1 Å². The molecule has 3 aliphatic heterocycles. The molecule has 0 radical (unpaired) electrons. The molecular weight excluding hydrogens is 604 g/mol. The van der Waals surface area contributed by atoms with Crippen molar-refractivity contribution in [2.75, 3.05) is 13.1 Å². The van der Waals surface area contributed by atoms with Crippen LogP contribution < -0.4 is 10.6 Å². The normalized spacial score (nSPS) is 29.9. The van der Waals surface area contributed by atoms with Crippen molar-refractivity contribution in [3.63, 3.8) is 0 Å². The SMILES string of the molecule is CC(C)(C)OC(=O)N[C@H]1CCCCC/C=C\[C@@H]2C[C@@]2(C(=O)O)NC(=O)C2C[C@@H](OC(=O)N3Cc4ccccc4C(C)(C)C3)CN2C1=O. The topological polar surface area (TPSA) is 155 Å². The van der Waals surface area contributed by atoms with Gasteiger partial charge in [0, 0.05) is 30.8 Å². The third-order valence-corrected chi connectivity index (χ3v) is 9.53. The largest absolute Gasteiger partial charge is 0.479 e. The summed E-state index contributed by atoms with van der Waals surface area (Å²) in [5.74, 6) is -2.64. The Morgan fingerprint density at radius 1 is 1.09 bits per heavy atom. The van der Waals surface area contributed by atoms with E-state index in [4.69, 9.17) is 9.47 Å². The molecule has 1 saturated heterocycles. The molecule has 12 heteroatoms. The molecule has 1 saturated carbocycles. The van der Waals surface area contributed by atoms with Gasteiger partial charge in [-0.05, 0) is 57.6 Å². The number of nitrogens with one attached hydrogen (secondary N) is 2. The lowest BCUT2D eigenvalue weighted by Crippen LogP contribution is -2.56. The molecule has 3 heterocycles. The number of fused-ring (bicyclic) bond motifs is 3. The first-order chi connectivity index (χ1) is 22.1. The van der Waals surface area contributed by atoms with Crippen molar-refractivity contribution in [3.8, 4) is 0 Å². The lowest BCUT2D eigenvalue weighted by molar-refractivity contribution is -0.145. The lowest BCUT2D eigenvalue weighted by Gasteiger charge is -2.39. The van der Waals surface area contributed by atoms with E-state index in [0.29, 0.717) is 25.9 Å². The molecule has 12 nitrogen and oxygen atoms in total. The first-order valence-electron chi connectivity index (χ1n) is 16.7. The van der Waals surface area contributed by atoms with Crippen LogP contribution in [0.1, 0.15) is 90.7 Å². The molecule has 4 aliphatic rings. The Labute approximate surface area is 276 Å². The second-order valence-electron chi connectivity index (χ2n) is 15.0. The second kappa shape index (κ2) is 13.2. The predicted octanol–water partition coefficient (Wildman–Crippen LogP) is 4.26. The average Bonchev–Trinajstić information content (AvgIpc) is 3.51. The zero-order valence-corrected chi connectivity index (χ0v) is 28.0. The maximum atomic E-state index is 14.2. The number of carboxylic acid groups (broad SMARTS) is 1. The van der Waals surface area contributed by atoms with Crippen LogP contribution >= 0.6 is 0 Å². The number of alkyl carbamates (subject to hydrolysis) is 1. The van der Waals surface area contributed by atoms with Crippen LogP contribution in [0.4, 0.5) is 9.59 Å². The molecular formula is C35H48N4O8. The van der Waals surface area contributed by atoms with E-state index in [2.05, 4.69) is 30.5 Å². The van der Waals surface area contributed by atoms with Crippen molar-refractivity contribution in [3.05, 3.63) is 47.5 Å². The third-order valence-electron chi connectivity index (χ3n) is 9.53. The molecule has 3 N–H and O–H groups in total. The monoisotopic (exact) mass is 652 g/mol. The number of rotatable bonds is 3. The summed E-state index contributed by atoms with van der Waals surface area (Å²) in [5, 5.41) is 15.5. The Kier molecular flexibility index (Phi) is 9.62. The van der Waals surface area contributed by atoms with E-state index in [1.54, 1.807) is 25.7 Å². The van der Waals surface area contributed by atoms with Gasteiger partial charge in [0.25, 0.3) is 0 Å². The Hall–Kier alpha value is -4.09. The predicted molar refractivity (Wildman–Crippen MR) is 172 cm³/mol. The van der Waals surface area contributed by atoms with Crippen LogP contribution in [0.25, 0.3) is 0 Å². The molecule has 1 aromatic rings. The number of carbonyl (C=O) groups excluding carboxylic acids is 4. The van der Waals surface area contributed by atoms with E-state index >= 15 is 0 Å². The number of nitrogens with zero attached hydrogens (tertiary/aromatic N) is 2. The second-order valence-corrected chi connectivity index (χ2v) is 15.0. The number of aliphatic carboxylic acids is 1. The number of carbonyl (C=O) groups is 5. The standard InChI is InChI=1S/C35H48N4O8/c1-33(2,3)47-31(44)36-26-16-10-8-6-7-9-14-23-18-35(23,30(42)43)37-28(40)27-17-24(20-39(27)29(26)41)46-32(45)38-19-22-13-11-12-15-25(22)34(4,5)21-38/h9,11-15,23-24,26-27H,6-8,10,16-21H2,1-5H3,(H,36,44)(H,37,40)(H,42,43)/b14-9-/t23-,24-,26+,27?,35-/m1/s1. The summed E-state index contributed by atoms with van der Waals surface area (Å²) >= 11 is 0. The molecule has 4 amide bonds. The minimum Gasteiger partial charge on any atom is -0.479 e. The number of hydrogen-bond acceptors (Lipinski definition) is 7. The van der Waals surface area contributed by atoms with Gasteiger partial charge < -0.3 is 35.0 Å². The molecule has 5 rings (SSSR count). The average molecular weight is 653 g/mol. The molecule has 0 spiro atoms. The highest BCUT2D eigenvalue weighted by Gasteiger charge is 2.61. The Morgan fingerprint density at radius 3 is 2.55 bits per heavy atom. The van der Waals surface area contributed by atoms with Crippen LogP contribution in [0.2, 0.25) is 0 Å². The van der Waals surface area contributed by atoms with Crippen molar-refractivity contribution in [2.24, 2.45) is 5.92 Å². The van der Waals surface area contributed by atoms with Crippen molar-refractivity contribution < 1.29 is 38.6 Å². The van der Waals surface area contributed by atoms with Gasteiger partial charge in [-0.1, -0.05) is 63.1 Å². The van der Waals surface area contributed by atoms with Crippen molar-refractivity contribution >= 4 is 30.0 Å². The van der Waals surface area contributed by atoms with Gasteiger partial charge in [-0.15, -0.1) is 0 Å². The summed E-state index contributed by atoms with van der Waals surface area (Å²) in [4.78, 5) is 69.7. The summed E-state index contributed by atoms with van der Waals surface area (Å²) < 4.78 is 11.4. The van der Waals surface area contributed by atoms with Crippen molar-refractivity contribution in [2.45, 2.75) is 121 Å². The fourth-order valence-electron chi connectivity index (χ4n) is 7.09. The van der Waals surface area contributed by atoms with Crippen LogP contribution in [0.15, 0.2) is 36.4 Å². The maximum Gasteiger partial charge on any atom is 0.410 e. The van der Waals surface area contributed by atoms with Crippen LogP contribution in [0.3, 0.4) is 0 Å². The molecule has 1 unspecified atom stereocenters. The fraction of sp³-hybridized carbons (Fsp3) is 0.629. The van der Waals surface area contributed by atoms with Crippen molar-refractivity contribution in [1.29, 1.82) is 0 Å². The van der Waals surface area contributed by atoms with E-state index in [1.807, 2.05) is 30.4 Å². The lowest BCUT2D eigenvalue weighted by atomic mass is 9.78. The minimum atomic E-state index is -1.46. The van der Waals surface area contributed by atoms with E-state index in [0.717, 1.165) is 24.8 Å². The number of hydrogen-bond donors (Lipinski definition) is 3. The molecule has 5 atom stereocenters. The van der Waals surface area contributed by atoms with Gasteiger partial charge in [0.05, 0.1) is 6.54 Å². The maximum absolute atomic E-state index is 14.2. The van der Waals surface area contributed by atoms with E-state index in [-0.39, 0.29) is 30.7 Å². The van der Waals surface area contributed by atoms with Gasteiger partial charge in [0.15, 0.2) is 0 Å². The Balaban J connectivity index is 1.38. The highest BCUT2D eigenvalue weighted by molar-refractivity contribution is 5.96. The summed E-state index contributed by atoms with van der Waals surface area (Å²) in [6.07, 6.45) is 5.22. The number of amides is 4. The number of ether oxygens (including phenoxy) is 2. The smallest absolute Gasteiger partial charge is 0.410 e. The van der Waals surface area contributed by atoms with Gasteiger partial charge in [-0.2, -0.15) is 0 Å². The van der Waals surface area contributed by atoms with Crippen LogP contribution in [-0.2, 0) is 35.8 Å². The molecule has 0 aromatic heterocycles. The number of benzene rings is 1. The van der Waals surface area contributed by atoms with Gasteiger partial charge in [0.1, 0.15) is 29.3 Å². The highest BCUT2D eigenvalue weighted by Crippen LogP contribution is 2.45. The molecule has 2 fully saturated rings. The van der Waals surface area contributed by atoms with Crippen LogP contribution in [0.5, 0.6) is 0 Å². The van der Waals surface area contributed by atoms with Crippen LogP contribution in [-0.4, -0.2) is 87.3 Å². The zero-order valence-electron chi connectivity index (χ0n) is 28.0. The van der Waals surface area contributed by atoms with Gasteiger partial charge >= 0.3 is 18.2 Å². The first-order valence-corrected chi connectivity index (χ1v) is 16.7. The molecule has 256 valence electrons. The minimum absolute atomic E-state index is 0.00744. The Bertz CT molecular complexity index is 1430. The quantitative estimate of drug-likeness (QED) is 0.410. The summed E-state index contributed by atoms with van der Waals surface area (Å²) in [6.45, 7) is 10.0. The van der Waals surface area contributed by atoms with Gasteiger partial charge in [-0.25, -0.2) is 14.4 Å². The van der Waals surface area contributed by atoms with E-state index < -0.39 is 59.3 Å². The highest BCUT2D eigenvalue weighted by atomic mass is 16.6. The molecule has 0 bridgehead atoms. The molecule has 1 aromatic carbocycles. The summed E-state index contributed by atoms with van der Waals surface area (Å²) in [5.41, 5.74) is -0.362. The number of allylic oxidation sites excluding steroid dienone is 1. The van der Waals surface area contributed by atoms with Gasteiger partial charge in [0.2, 0.25) is 11.8 Å². The first kappa shape index (κ1) is 34.3. The summed E-state index contributed by atoms with van der Waals surface area (Å²) in [7, 11) is 0. The zero-order chi connectivity index (χ0) is 34.1. The molecule has 47 heavy (non-hydrogen) atoms. The Morgan fingerprint density at radius 2 is 1.83 bits per heavy atom. The number of carboxylic acids is 1. The van der Waals surface area contributed by atoms with Gasteiger partial charge in [-0.3, -0.25) is 9.59 Å². The van der Waals surface area contributed by atoms with Crippen molar-refractivity contribution in [1.82, 2.24) is 20.4 Å².